The van der Waals surface area contributed by atoms with Gasteiger partial charge in [0, 0.05) is 32.2 Å². The number of hydrogen-bond acceptors (Lipinski definition) is 4. The van der Waals surface area contributed by atoms with Gasteiger partial charge in [0.2, 0.25) is 5.91 Å². The van der Waals surface area contributed by atoms with Gasteiger partial charge in [-0.2, -0.15) is 0 Å². The highest BCUT2D eigenvalue weighted by Crippen LogP contribution is 2.31. The molecule has 2 bridgehead atoms. The zero-order valence-electron chi connectivity index (χ0n) is 10.3. The van der Waals surface area contributed by atoms with Crippen molar-refractivity contribution in [1.82, 2.24) is 15.1 Å². The quantitative estimate of drug-likeness (QED) is 0.637. The number of fused-ring (bicyclic) bond motifs is 2. The summed E-state index contributed by atoms with van der Waals surface area (Å²) >= 11 is 0. The molecule has 3 aliphatic heterocycles. The Morgan fingerprint density at radius 1 is 1.24 bits per heavy atom. The van der Waals surface area contributed by atoms with Crippen molar-refractivity contribution in [3.8, 4) is 0 Å². The number of rotatable bonds is 2. The van der Waals surface area contributed by atoms with E-state index in [2.05, 4.69) is 15.1 Å². The fourth-order valence-electron chi connectivity index (χ4n) is 3.75. The molecule has 5 nitrogen and oxygen atoms in total. The first-order chi connectivity index (χ1) is 8.25. The van der Waals surface area contributed by atoms with Crippen LogP contribution in [0.5, 0.6) is 0 Å². The Morgan fingerprint density at radius 3 is 2.88 bits per heavy atom. The van der Waals surface area contributed by atoms with Gasteiger partial charge in [0.15, 0.2) is 0 Å². The van der Waals surface area contributed by atoms with Crippen LogP contribution in [0.4, 0.5) is 0 Å². The lowest BCUT2D eigenvalue weighted by Crippen LogP contribution is -2.62. The van der Waals surface area contributed by atoms with Gasteiger partial charge < -0.3 is 16.0 Å². The van der Waals surface area contributed by atoms with Crippen LogP contribution in [0.2, 0.25) is 0 Å². The van der Waals surface area contributed by atoms with Gasteiger partial charge in [-0.25, -0.2) is 0 Å². The standard InChI is InChI=1S/C12H22N4O/c13-12(17)11-7-14-3-6-16(11)10-2-5-15-4-1-9(10)8-15/h9-11,14H,1-8H2,(H2,13,17). The van der Waals surface area contributed by atoms with Crippen molar-refractivity contribution < 1.29 is 4.79 Å². The van der Waals surface area contributed by atoms with Crippen LogP contribution < -0.4 is 11.1 Å². The van der Waals surface area contributed by atoms with E-state index in [9.17, 15) is 4.79 Å². The second kappa shape index (κ2) is 4.55. The van der Waals surface area contributed by atoms with E-state index in [0.717, 1.165) is 25.6 Å². The molecular weight excluding hydrogens is 216 g/mol. The Bertz CT molecular complexity index is 309. The summed E-state index contributed by atoms with van der Waals surface area (Å²) < 4.78 is 0. The second-order valence-electron chi connectivity index (χ2n) is 5.57. The van der Waals surface area contributed by atoms with Crippen LogP contribution in [0.25, 0.3) is 0 Å². The van der Waals surface area contributed by atoms with Crippen molar-refractivity contribution in [2.24, 2.45) is 11.7 Å². The zero-order valence-corrected chi connectivity index (χ0v) is 10.3. The number of amides is 1. The van der Waals surface area contributed by atoms with Crippen molar-refractivity contribution in [2.75, 3.05) is 39.3 Å². The Morgan fingerprint density at radius 2 is 2.06 bits per heavy atom. The predicted molar refractivity (Wildman–Crippen MR) is 65.5 cm³/mol. The molecule has 4 atom stereocenters. The van der Waals surface area contributed by atoms with E-state index in [0.29, 0.717) is 6.04 Å². The second-order valence-corrected chi connectivity index (χ2v) is 5.57. The number of nitrogens with one attached hydrogen (secondary N) is 1. The van der Waals surface area contributed by atoms with E-state index in [4.69, 9.17) is 5.73 Å². The maximum absolute atomic E-state index is 11.5. The molecule has 1 amide bonds. The van der Waals surface area contributed by atoms with Crippen LogP contribution in [0, 0.1) is 5.92 Å². The fourth-order valence-corrected chi connectivity index (χ4v) is 3.75. The van der Waals surface area contributed by atoms with Crippen LogP contribution in [0.1, 0.15) is 12.8 Å². The number of primary amides is 1. The molecule has 0 aliphatic carbocycles. The van der Waals surface area contributed by atoms with Gasteiger partial charge in [0.05, 0.1) is 0 Å². The number of carbonyl (C=O) groups is 1. The topological polar surface area (TPSA) is 61.6 Å². The average molecular weight is 238 g/mol. The van der Waals surface area contributed by atoms with E-state index in [1.165, 1.54) is 32.5 Å². The Kier molecular flexibility index (Phi) is 3.06. The highest BCUT2D eigenvalue weighted by atomic mass is 16.1. The first kappa shape index (κ1) is 11.4. The predicted octanol–water partition coefficient (Wildman–Crippen LogP) is -1.16. The monoisotopic (exact) mass is 238 g/mol. The summed E-state index contributed by atoms with van der Waals surface area (Å²) in [6.07, 6.45) is 2.49. The van der Waals surface area contributed by atoms with E-state index < -0.39 is 0 Å². The lowest BCUT2D eigenvalue weighted by Gasteiger charge is -2.44. The number of nitrogens with zero attached hydrogens (tertiary/aromatic N) is 2. The highest BCUT2D eigenvalue weighted by molar-refractivity contribution is 5.80. The van der Waals surface area contributed by atoms with E-state index in [1.54, 1.807) is 0 Å². The minimum absolute atomic E-state index is 0.0964. The van der Waals surface area contributed by atoms with Crippen LogP contribution in [0.15, 0.2) is 0 Å². The molecule has 17 heavy (non-hydrogen) atoms. The average Bonchev–Trinajstić information content (AvgIpc) is 2.71. The summed E-state index contributed by atoms with van der Waals surface area (Å²) in [5, 5.41) is 3.28. The maximum Gasteiger partial charge on any atom is 0.236 e. The first-order valence-corrected chi connectivity index (χ1v) is 6.74. The molecule has 3 N–H and O–H groups in total. The van der Waals surface area contributed by atoms with Gasteiger partial charge in [0.25, 0.3) is 0 Å². The van der Waals surface area contributed by atoms with Gasteiger partial charge >= 0.3 is 0 Å². The molecule has 3 aliphatic rings. The van der Waals surface area contributed by atoms with E-state index in [-0.39, 0.29) is 11.9 Å². The summed E-state index contributed by atoms with van der Waals surface area (Å²) in [4.78, 5) is 16.5. The molecule has 4 unspecified atom stereocenters. The maximum atomic E-state index is 11.5. The molecule has 3 heterocycles. The largest absolute Gasteiger partial charge is 0.368 e. The van der Waals surface area contributed by atoms with Crippen LogP contribution >= 0.6 is 0 Å². The number of hydrogen-bond donors (Lipinski definition) is 2. The molecule has 3 saturated heterocycles. The third-order valence-corrected chi connectivity index (χ3v) is 4.63. The van der Waals surface area contributed by atoms with Gasteiger partial charge in [-0.15, -0.1) is 0 Å². The van der Waals surface area contributed by atoms with Crippen molar-refractivity contribution in [1.29, 1.82) is 0 Å². The normalized spacial score (nSPS) is 42.6. The van der Waals surface area contributed by atoms with Gasteiger partial charge in [-0.3, -0.25) is 9.69 Å². The molecule has 0 aromatic heterocycles. The van der Waals surface area contributed by atoms with Crippen molar-refractivity contribution in [3.05, 3.63) is 0 Å². The molecule has 0 radical (unpaired) electrons. The van der Waals surface area contributed by atoms with Crippen LogP contribution in [-0.2, 0) is 4.79 Å². The minimum atomic E-state index is -0.169. The number of piperidine rings is 1. The van der Waals surface area contributed by atoms with Gasteiger partial charge in [0.1, 0.15) is 6.04 Å². The molecule has 3 fully saturated rings. The Balaban J connectivity index is 1.74. The molecule has 5 heteroatoms. The molecule has 96 valence electrons. The van der Waals surface area contributed by atoms with Gasteiger partial charge in [-0.05, 0) is 31.8 Å². The number of piperazine rings is 1. The number of carbonyl (C=O) groups excluding carboxylic acids is 1. The molecule has 0 saturated carbocycles. The van der Waals surface area contributed by atoms with Crippen molar-refractivity contribution in [2.45, 2.75) is 24.9 Å². The summed E-state index contributed by atoms with van der Waals surface area (Å²) in [6.45, 7) is 6.33. The SMILES string of the molecule is NC(=O)C1CNCCN1C1CCN2CCC1C2. The lowest BCUT2D eigenvalue weighted by molar-refractivity contribution is -0.125. The van der Waals surface area contributed by atoms with Crippen LogP contribution in [0.3, 0.4) is 0 Å². The summed E-state index contributed by atoms with van der Waals surface area (Å²) in [6, 6.07) is 0.481. The molecule has 3 rings (SSSR count). The van der Waals surface area contributed by atoms with Crippen LogP contribution in [-0.4, -0.2) is 67.1 Å². The lowest BCUT2D eigenvalue weighted by atomic mass is 9.90. The molecule has 0 aromatic carbocycles. The Labute approximate surface area is 102 Å². The third kappa shape index (κ3) is 2.07. The number of nitrogens with two attached hydrogens (primary N) is 1. The summed E-state index contributed by atoms with van der Waals surface area (Å²) in [7, 11) is 0. The fraction of sp³-hybridized carbons (Fsp3) is 0.917. The minimum Gasteiger partial charge on any atom is -0.368 e. The van der Waals surface area contributed by atoms with Crippen molar-refractivity contribution >= 4 is 5.91 Å². The van der Waals surface area contributed by atoms with Crippen molar-refractivity contribution in [3.63, 3.8) is 0 Å². The summed E-state index contributed by atoms with van der Waals surface area (Å²) in [5.41, 5.74) is 5.53. The first-order valence-electron chi connectivity index (χ1n) is 6.74. The van der Waals surface area contributed by atoms with E-state index >= 15 is 0 Å². The Hall–Kier alpha value is -0.650. The third-order valence-electron chi connectivity index (χ3n) is 4.63. The molecule has 0 spiro atoms. The smallest absolute Gasteiger partial charge is 0.236 e. The zero-order chi connectivity index (χ0) is 11.8. The molecule has 0 aromatic rings. The molecular formula is C12H22N4O. The van der Waals surface area contributed by atoms with E-state index in [1.807, 2.05) is 0 Å². The van der Waals surface area contributed by atoms with Gasteiger partial charge in [-0.1, -0.05) is 0 Å². The highest BCUT2D eigenvalue weighted by Gasteiger charge is 2.41. The summed E-state index contributed by atoms with van der Waals surface area (Å²) in [5.74, 6) is 0.585.